The second kappa shape index (κ2) is 4.02. The second-order valence-electron chi connectivity index (χ2n) is 4.90. The first kappa shape index (κ1) is 11.9. The zero-order valence-corrected chi connectivity index (χ0v) is 10.4. The Morgan fingerprint density at radius 3 is 2.65 bits per heavy atom. The van der Waals surface area contributed by atoms with E-state index in [1.807, 2.05) is 24.8 Å². The summed E-state index contributed by atoms with van der Waals surface area (Å²) in [4.78, 5) is 25.1. The predicted octanol–water partition coefficient (Wildman–Crippen LogP) is 1.28. The molecule has 17 heavy (non-hydrogen) atoms. The van der Waals surface area contributed by atoms with Crippen molar-refractivity contribution in [1.29, 1.82) is 0 Å². The number of rotatable bonds is 2. The van der Waals surface area contributed by atoms with E-state index in [2.05, 4.69) is 0 Å². The van der Waals surface area contributed by atoms with E-state index in [-0.39, 0.29) is 17.7 Å². The predicted molar refractivity (Wildman–Crippen MR) is 63.1 cm³/mol. The van der Waals surface area contributed by atoms with Crippen molar-refractivity contribution >= 4 is 11.7 Å². The minimum Gasteiger partial charge on any atom is -0.500 e. The Morgan fingerprint density at radius 2 is 2.12 bits per heavy atom. The number of carbonyl (C=O) groups excluding carboxylic acids is 2. The average molecular weight is 235 g/mol. The largest absolute Gasteiger partial charge is 0.500 e. The Labute approximate surface area is 101 Å². The Kier molecular flexibility index (Phi) is 2.81. The molecule has 1 atom stereocenters. The molecule has 1 spiro atoms. The summed E-state index contributed by atoms with van der Waals surface area (Å²) in [5.41, 5.74) is -0.440. The number of allylic oxidation sites excluding steroid dienone is 2. The van der Waals surface area contributed by atoms with Gasteiger partial charge in [0, 0.05) is 25.1 Å². The molecule has 1 aliphatic heterocycles. The number of ether oxygens (including phenoxy) is 1. The summed E-state index contributed by atoms with van der Waals surface area (Å²) in [6, 6.07) is 0.172. The van der Waals surface area contributed by atoms with Crippen LogP contribution in [0.1, 0.15) is 20.3 Å². The van der Waals surface area contributed by atoms with Crippen LogP contribution < -0.4 is 0 Å². The topological polar surface area (TPSA) is 46.6 Å². The number of amides is 1. The van der Waals surface area contributed by atoms with Crippen molar-refractivity contribution in [2.75, 3.05) is 13.7 Å². The maximum absolute atomic E-state index is 12.0. The molecule has 1 saturated heterocycles. The molecule has 0 aromatic heterocycles. The molecule has 0 N–H and O–H groups in total. The van der Waals surface area contributed by atoms with E-state index in [1.54, 1.807) is 7.11 Å². The second-order valence-corrected chi connectivity index (χ2v) is 4.90. The highest BCUT2D eigenvalue weighted by molar-refractivity contribution is 6.01. The molecule has 0 bridgehead atoms. The number of methoxy groups -OCH3 is 1. The third kappa shape index (κ3) is 1.88. The maximum Gasteiger partial charge on any atom is 0.224 e. The number of hydrogen-bond donors (Lipinski definition) is 0. The van der Waals surface area contributed by atoms with Gasteiger partial charge >= 0.3 is 0 Å². The SMILES string of the molecule is COC1=CC(=O)C=C[C@]12CC(=O)N(C(C)C)C2. The van der Waals surface area contributed by atoms with Crippen molar-refractivity contribution in [1.82, 2.24) is 4.90 Å². The van der Waals surface area contributed by atoms with Gasteiger partial charge in [0.25, 0.3) is 0 Å². The summed E-state index contributed by atoms with van der Waals surface area (Å²) >= 11 is 0. The van der Waals surface area contributed by atoms with Gasteiger partial charge in [0.05, 0.1) is 12.5 Å². The quantitative estimate of drug-likeness (QED) is 0.724. The highest BCUT2D eigenvalue weighted by Gasteiger charge is 2.47. The van der Waals surface area contributed by atoms with Gasteiger partial charge in [-0.3, -0.25) is 9.59 Å². The van der Waals surface area contributed by atoms with Crippen molar-refractivity contribution in [2.24, 2.45) is 5.41 Å². The Morgan fingerprint density at radius 1 is 1.41 bits per heavy atom. The van der Waals surface area contributed by atoms with Crippen molar-refractivity contribution in [3.63, 3.8) is 0 Å². The van der Waals surface area contributed by atoms with Crippen LogP contribution in [-0.2, 0) is 14.3 Å². The van der Waals surface area contributed by atoms with Crippen LogP contribution in [0.25, 0.3) is 0 Å². The van der Waals surface area contributed by atoms with Gasteiger partial charge in [-0.1, -0.05) is 6.08 Å². The Hall–Kier alpha value is -1.58. The van der Waals surface area contributed by atoms with Crippen molar-refractivity contribution in [3.05, 3.63) is 24.0 Å². The average Bonchev–Trinajstić information content (AvgIpc) is 2.61. The molecular formula is C13H17NO3. The number of hydrogen-bond acceptors (Lipinski definition) is 3. The van der Waals surface area contributed by atoms with E-state index in [1.165, 1.54) is 12.2 Å². The summed E-state index contributed by atoms with van der Waals surface area (Å²) in [5.74, 6) is 0.631. The lowest BCUT2D eigenvalue weighted by atomic mass is 9.81. The van der Waals surface area contributed by atoms with Crippen LogP contribution >= 0.6 is 0 Å². The van der Waals surface area contributed by atoms with Crippen molar-refractivity contribution in [2.45, 2.75) is 26.3 Å². The van der Waals surface area contributed by atoms with E-state index in [9.17, 15) is 9.59 Å². The molecule has 4 heteroatoms. The molecule has 0 aromatic rings. The normalized spacial score (nSPS) is 28.2. The van der Waals surface area contributed by atoms with Gasteiger partial charge in [0.2, 0.25) is 5.91 Å². The molecular weight excluding hydrogens is 218 g/mol. The van der Waals surface area contributed by atoms with Crippen LogP contribution in [0.5, 0.6) is 0 Å². The van der Waals surface area contributed by atoms with Gasteiger partial charge in [0.15, 0.2) is 5.78 Å². The Balaban J connectivity index is 2.33. The van der Waals surface area contributed by atoms with Gasteiger partial charge in [-0.05, 0) is 19.9 Å². The standard InChI is InChI=1S/C13H17NO3/c1-9(2)14-8-13(7-12(14)16)5-4-10(15)6-11(13)17-3/h4-6,9H,7-8H2,1-3H3/t13-/m1/s1. The first-order valence-corrected chi connectivity index (χ1v) is 5.77. The number of likely N-dealkylation sites (tertiary alicyclic amines) is 1. The van der Waals surface area contributed by atoms with Gasteiger partial charge in [-0.2, -0.15) is 0 Å². The lowest BCUT2D eigenvalue weighted by Crippen LogP contribution is -2.35. The fraction of sp³-hybridized carbons (Fsp3) is 0.538. The summed E-state index contributed by atoms with van der Waals surface area (Å²) in [5, 5.41) is 0. The third-order valence-electron chi connectivity index (χ3n) is 3.41. The third-order valence-corrected chi connectivity index (χ3v) is 3.41. The van der Waals surface area contributed by atoms with E-state index in [0.29, 0.717) is 18.7 Å². The maximum atomic E-state index is 12.0. The number of nitrogens with zero attached hydrogens (tertiary/aromatic N) is 1. The van der Waals surface area contributed by atoms with Crippen LogP contribution in [0.3, 0.4) is 0 Å². The molecule has 1 fully saturated rings. The summed E-state index contributed by atoms with van der Waals surface area (Å²) in [6.07, 6.45) is 5.21. The zero-order valence-electron chi connectivity index (χ0n) is 10.4. The monoisotopic (exact) mass is 235 g/mol. The highest BCUT2D eigenvalue weighted by Crippen LogP contribution is 2.42. The van der Waals surface area contributed by atoms with E-state index in [4.69, 9.17) is 4.74 Å². The molecule has 92 valence electrons. The molecule has 2 rings (SSSR count). The van der Waals surface area contributed by atoms with Crippen molar-refractivity contribution < 1.29 is 14.3 Å². The molecule has 4 nitrogen and oxygen atoms in total. The van der Waals surface area contributed by atoms with Gasteiger partial charge < -0.3 is 9.64 Å². The van der Waals surface area contributed by atoms with Crippen LogP contribution in [0.2, 0.25) is 0 Å². The zero-order chi connectivity index (χ0) is 12.6. The van der Waals surface area contributed by atoms with Crippen LogP contribution in [-0.4, -0.2) is 36.3 Å². The minimum absolute atomic E-state index is 0.0806. The number of ketones is 1. The van der Waals surface area contributed by atoms with E-state index >= 15 is 0 Å². The molecule has 1 heterocycles. The smallest absolute Gasteiger partial charge is 0.224 e. The molecule has 0 saturated carbocycles. The molecule has 0 radical (unpaired) electrons. The van der Waals surface area contributed by atoms with Crippen LogP contribution in [0.4, 0.5) is 0 Å². The lowest BCUT2D eigenvalue weighted by Gasteiger charge is -2.30. The van der Waals surface area contributed by atoms with Gasteiger partial charge in [-0.25, -0.2) is 0 Å². The van der Waals surface area contributed by atoms with Crippen molar-refractivity contribution in [3.8, 4) is 0 Å². The summed E-state index contributed by atoms with van der Waals surface area (Å²) in [6.45, 7) is 4.57. The highest BCUT2D eigenvalue weighted by atomic mass is 16.5. The number of carbonyl (C=O) groups is 2. The summed E-state index contributed by atoms with van der Waals surface area (Å²) in [7, 11) is 1.54. The van der Waals surface area contributed by atoms with E-state index in [0.717, 1.165) is 0 Å². The molecule has 0 aromatic carbocycles. The van der Waals surface area contributed by atoms with Gasteiger partial charge in [0.1, 0.15) is 5.76 Å². The fourth-order valence-corrected chi connectivity index (χ4v) is 2.47. The van der Waals surface area contributed by atoms with E-state index < -0.39 is 5.41 Å². The fourth-order valence-electron chi connectivity index (χ4n) is 2.47. The first-order chi connectivity index (χ1) is 7.98. The van der Waals surface area contributed by atoms with Crippen LogP contribution in [0.15, 0.2) is 24.0 Å². The Bertz CT molecular complexity index is 422. The molecule has 1 amide bonds. The molecule has 0 unspecified atom stereocenters. The molecule has 1 aliphatic carbocycles. The minimum atomic E-state index is -0.440. The first-order valence-electron chi connectivity index (χ1n) is 5.77. The summed E-state index contributed by atoms with van der Waals surface area (Å²) < 4.78 is 5.29. The van der Waals surface area contributed by atoms with Crippen LogP contribution in [0, 0.1) is 5.41 Å². The molecule has 2 aliphatic rings. The van der Waals surface area contributed by atoms with Gasteiger partial charge in [-0.15, -0.1) is 0 Å². The lowest BCUT2D eigenvalue weighted by molar-refractivity contribution is -0.129.